The van der Waals surface area contributed by atoms with Crippen LogP contribution in [0.3, 0.4) is 0 Å². The van der Waals surface area contributed by atoms with Crippen LogP contribution in [0.25, 0.3) is 10.9 Å². The molecular weight excluding hydrogens is 362 g/mol. The molecule has 6 nitrogen and oxygen atoms in total. The number of carbonyl (C=O) groups is 1. The Hall–Kier alpha value is -2.19. The molecule has 1 atom stereocenters. The molecule has 1 aliphatic rings. The Bertz CT molecular complexity index is 914. The molecule has 27 heavy (non-hydrogen) atoms. The number of aromatic amines is 1. The standard InChI is InChI=1S/C20H23N3O3S/c24-13-14-3-4-16-17(11-21-18(16)10-14)19(20(25)26)23-7-5-22(6-8-23)12-15-2-1-9-27-15/h1-4,9-11,19,21,24H,5-8,12-13H2,(H,25,26). The van der Waals surface area contributed by atoms with Crippen LogP contribution in [-0.2, 0) is 17.9 Å². The second-order valence-corrected chi connectivity index (χ2v) is 7.95. The fourth-order valence-corrected chi connectivity index (χ4v) is 4.56. The number of piperazine rings is 1. The number of aliphatic hydroxyl groups excluding tert-OH is 1. The molecule has 0 radical (unpaired) electrons. The first kappa shape index (κ1) is 18.2. The minimum Gasteiger partial charge on any atom is -0.480 e. The zero-order valence-electron chi connectivity index (χ0n) is 15.0. The number of aliphatic hydroxyl groups is 1. The number of carboxylic acids is 1. The second-order valence-electron chi connectivity index (χ2n) is 6.91. The highest BCUT2D eigenvalue weighted by Gasteiger charge is 2.32. The zero-order chi connectivity index (χ0) is 18.8. The Kier molecular flexibility index (Phi) is 5.27. The van der Waals surface area contributed by atoms with E-state index in [1.807, 2.05) is 18.2 Å². The van der Waals surface area contributed by atoms with Crippen LogP contribution in [-0.4, -0.2) is 57.1 Å². The third-order valence-electron chi connectivity index (χ3n) is 5.22. The molecule has 3 N–H and O–H groups in total. The molecule has 0 saturated carbocycles. The monoisotopic (exact) mass is 385 g/mol. The number of aromatic nitrogens is 1. The average Bonchev–Trinajstić information content (AvgIpc) is 3.33. The van der Waals surface area contributed by atoms with Crippen molar-refractivity contribution in [2.24, 2.45) is 0 Å². The Labute approximate surface area is 161 Å². The maximum absolute atomic E-state index is 12.1. The van der Waals surface area contributed by atoms with Crippen molar-refractivity contribution in [1.29, 1.82) is 0 Å². The van der Waals surface area contributed by atoms with Crippen LogP contribution in [0.15, 0.2) is 41.9 Å². The van der Waals surface area contributed by atoms with Gasteiger partial charge in [0.15, 0.2) is 0 Å². The second kappa shape index (κ2) is 7.82. The quantitative estimate of drug-likeness (QED) is 0.608. The number of nitrogens with zero attached hydrogens (tertiary/aromatic N) is 2. The van der Waals surface area contributed by atoms with Crippen molar-refractivity contribution in [1.82, 2.24) is 14.8 Å². The molecule has 1 unspecified atom stereocenters. The molecule has 1 saturated heterocycles. The van der Waals surface area contributed by atoms with E-state index in [2.05, 4.69) is 32.3 Å². The fraction of sp³-hybridized carbons (Fsp3) is 0.350. The summed E-state index contributed by atoms with van der Waals surface area (Å²) in [6.07, 6.45) is 1.79. The van der Waals surface area contributed by atoms with Gasteiger partial charge >= 0.3 is 5.97 Å². The van der Waals surface area contributed by atoms with Gasteiger partial charge in [-0.2, -0.15) is 0 Å². The Morgan fingerprint density at radius 3 is 2.70 bits per heavy atom. The number of thiophene rings is 1. The van der Waals surface area contributed by atoms with Crippen molar-refractivity contribution in [3.8, 4) is 0 Å². The molecular formula is C20H23N3O3S. The summed E-state index contributed by atoms with van der Waals surface area (Å²) in [4.78, 5) is 21.0. The minimum absolute atomic E-state index is 0.0289. The summed E-state index contributed by atoms with van der Waals surface area (Å²) in [5.74, 6) is -0.825. The number of nitrogens with one attached hydrogen (secondary N) is 1. The van der Waals surface area contributed by atoms with E-state index >= 15 is 0 Å². The number of rotatable bonds is 6. The summed E-state index contributed by atoms with van der Waals surface area (Å²) in [6, 6.07) is 9.16. The molecule has 0 bridgehead atoms. The molecule has 3 aromatic rings. The van der Waals surface area contributed by atoms with Gasteiger partial charge < -0.3 is 15.2 Å². The van der Waals surface area contributed by atoms with Crippen molar-refractivity contribution >= 4 is 28.2 Å². The molecule has 1 fully saturated rings. The lowest BCUT2D eigenvalue weighted by molar-refractivity contribution is -0.144. The van der Waals surface area contributed by atoms with E-state index in [0.717, 1.165) is 54.8 Å². The Morgan fingerprint density at radius 1 is 1.22 bits per heavy atom. The molecule has 7 heteroatoms. The number of carboxylic acid groups (broad SMARTS) is 1. The first-order valence-electron chi connectivity index (χ1n) is 9.08. The van der Waals surface area contributed by atoms with Crippen LogP contribution < -0.4 is 0 Å². The Balaban J connectivity index is 1.51. The van der Waals surface area contributed by atoms with E-state index in [0.29, 0.717) is 0 Å². The van der Waals surface area contributed by atoms with E-state index in [9.17, 15) is 15.0 Å². The van der Waals surface area contributed by atoms with Gasteiger partial charge in [-0.05, 0) is 23.1 Å². The highest BCUT2D eigenvalue weighted by molar-refractivity contribution is 7.09. The molecule has 2 aromatic heterocycles. The third kappa shape index (κ3) is 3.77. The number of hydrogen-bond acceptors (Lipinski definition) is 5. The predicted molar refractivity (Wildman–Crippen MR) is 106 cm³/mol. The molecule has 4 rings (SSSR count). The largest absolute Gasteiger partial charge is 0.480 e. The number of H-pyrrole nitrogens is 1. The Morgan fingerprint density at radius 2 is 2.04 bits per heavy atom. The van der Waals surface area contributed by atoms with Crippen molar-refractivity contribution in [2.45, 2.75) is 19.2 Å². The summed E-state index contributed by atoms with van der Waals surface area (Å²) in [5.41, 5.74) is 2.46. The predicted octanol–water partition coefficient (Wildman–Crippen LogP) is 2.67. The summed E-state index contributed by atoms with van der Waals surface area (Å²) >= 11 is 1.76. The van der Waals surface area contributed by atoms with Gasteiger partial charge in [0.25, 0.3) is 0 Å². The summed E-state index contributed by atoms with van der Waals surface area (Å²) in [5, 5.41) is 22.2. The van der Waals surface area contributed by atoms with Gasteiger partial charge in [0.2, 0.25) is 0 Å². The lowest BCUT2D eigenvalue weighted by atomic mass is 10.0. The number of fused-ring (bicyclic) bond motifs is 1. The number of benzene rings is 1. The van der Waals surface area contributed by atoms with Crippen molar-refractivity contribution in [3.05, 3.63) is 57.9 Å². The first-order valence-corrected chi connectivity index (χ1v) is 9.96. The molecule has 142 valence electrons. The van der Waals surface area contributed by atoms with E-state index in [-0.39, 0.29) is 6.61 Å². The molecule has 0 amide bonds. The highest BCUT2D eigenvalue weighted by atomic mass is 32.1. The molecule has 0 spiro atoms. The van der Waals surface area contributed by atoms with Crippen molar-refractivity contribution < 1.29 is 15.0 Å². The fourth-order valence-electron chi connectivity index (χ4n) is 3.81. The topological polar surface area (TPSA) is 79.8 Å². The van der Waals surface area contributed by atoms with Gasteiger partial charge in [0.05, 0.1) is 6.61 Å². The molecule has 3 heterocycles. The van der Waals surface area contributed by atoms with E-state index in [4.69, 9.17) is 0 Å². The SMILES string of the molecule is O=C(O)C(c1c[nH]c2cc(CO)ccc12)N1CCN(Cc2cccs2)CC1. The minimum atomic E-state index is -0.825. The van der Waals surface area contributed by atoms with Gasteiger partial charge in [-0.1, -0.05) is 18.2 Å². The summed E-state index contributed by atoms with van der Waals surface area (Å²) in [6.45, 7) is 4.07. The molecule has 1 aromatic carbocycles. The van der Waals surface area contributed by atoms with Gasteiger partial charge in [0, 0.05) is 60.3 Å². The zero-order valence-corrected chi connectivity index (χ0v) is 15.8. The van der Waals surface area contributed by atoms with Crippen molar-refractivity contribution in [2.75, 3.05) is 26.2 Å². The van der Waals surface area contributed by atoms with E-state index in [1.165, 1.54) is 4.88 Å². The summed E-state index contributed by atoms with van der Waals surface area (Å²) in [7, 11) is 0. The van der Waals surface area contributed by atoms with Crippen LogP contribution in [0.4, 0.5) is 0 Å². The van der Waals surface area contributed by atoms with Gasteiger partial charge in [-0.25, -0.2) is 0 Å². The van der Waals surface area contributed by atoms with Gasteiger partial charge in [-0.15, -0.1) is 11.3 Å². The molecule has 0 aliphatic carbocycles. The lowest BCUT2D eigenvalue weighted by Crippen LogP contribution is -2.48. The maximum Gasteiger partial charge on any atom is 0.325 e. The van der Waals surface area contributed by atoms with Crippen LogP contribution in [0, 0.1) is 0 Å². The number of aliphatic carboxylic acids is 1. The molecule has 1 aliphatic heterocycles. The van der Waals surface area contributed by atoms with Crippen molar-refractivity contribution in [3.63, 3.8) is 0 Å². The third-order valence-corrected chi connectivity index (χ3v) is 6.08. The smallest absolute Gasteiger partial charge is 0.325 e. The van der Waals surface area contributed by atoms with Gasteiger partial charge in [-0.3, -0.25) is 14.6 Å². The van der Waals surface area contributed by atoms with Crippen LogP contribution in [0.1, 0.15) is 22.0 Å². The summed E-state index contributed by atoms with van der Waals surface area (Å²) < 4.78 is 0. The van der Waals surface area contributed by atoms with E-state index < -0.39 is 12.0 Å². The highest BCUT2D eigenvalue weighted by Crippen LogP contribution is 2.30. The maximum atomic E-state index is 12.1. The first-order chi connectivity index (χ1) is 13.2. The lowest BCUT2D eigenvalue weighted by Gasteiger charge is -2.37. The number of hydrogen-bond donors (Lipinski definition) is 3. The van der Waals surface area contributed by atoms with Crippen LogP contribution >= 0.6 is 11.3 Å². The van der Waals surface area contributed by atoms with Crippen LogP contribution in [0.2, 0.25) is 0 Å². The average molecular weight is 385 g/mol. The van der Waals surface area contributed by atoms with Gasteiger partial charge in [0.1, 0.15) is 6.04 Å². The normalized spacial score (nSPS) is 17.4. The van der Waals surface area contributed by atoms with Crippen LogP contribution in [0.5, 0.6) is 0 Å². The van der Waals surface area contributed by atoms with E-state index in [1.54, 1.807) is 17.5 Å².